The fourth-order valence-corrected chi connectivity index (χ4v) is 1.33. The maximum absolute atomic E-state index is 5.58. The number of ether oxygens (including phenoxy) is 1. The molecule has 0 atom stereocenters. The molecular formula is C11H18N2O. The van der Waals surface area contributed by atoms with Gasteiger partial charge in [-0.05, 0) is 30.2 Å². The van der Waals surface area contributed by atoms with Crippen molar-refractivity contribution in [1.82, 2.24) is 0 Å². The van der Waals surface area contributed by atoms with Gasteiger partial charge in [-0.1, -0.05) is 6.07 Å². The molecule has 0 aliphatic heterocycles. The summed E-state index contributed by atoms with van der Waals surface area (Å²) < 4.78 is 4.96. The van der Waals surface area contributed by atoms with Gasteiger partial charge < -0.3 is 15.8 Å². The SMILES string of the molecule is COCCNc1ccc(CN)c(C)c1. The van der Waals surface area contributed by atoms with Crippen molar-refractivity contribution in [2.75, 3.05) is 25.6 Å². The van der Waals surface area contributed by atoms with E-state index in [4.69, 9.17) is 10.5 Å². The second-order valence-electron chi connectivity index (χ2n) is 3.26. The Bertz CT molecular complexity index is 287. The van der Waals surface area contributed by atoms with Gasteiger partial charge in [0.05, 0.1) is 6.61 Å². The third-order valence-corrected chi connectivity index (χ3v) is 2.20. The van der Waals surface area contributed by atoms with Gasteiger partial charge in [0.1, 0.15) is 0 Å². The zero-order valence-electron chi connectivity index (χ0n) is 8.84. The molecule has 0 saturated carbocycles. The standard InChI is InChI=1S/C11H18N2O/c1-9-7-11(13-5-6-14-2)4-3-10(9)8-12/h3-4,7,13H,5-6,8,12H2,1-2H3. The van der Waals surface area contributed by atoms with Gasteiger partial charge in [-0.2, -0.15) is 0 Å². The predicted molar refractivity (Wildman–Crippen MR) is 59.4 cm³/mol. The molecule has 0 aliphatic carbocycles. The number of hydrogen-bond donors (Lipinski definition) is 2. The van der Waals surface area contributed by atoms with E-state index in [1.807, 2.05) is 6.07 Å². The highest BCUT2D eigenvalue weighted by Gasteiger charge is 1.97. The topological polar surface area (TPSA) is 47.3 Å². The molecule has 0 heterocycles. The van der Waals surface area contributed by atoms with Crippen molar-refractivity contribution in [3.8, 4) is 0 Å². The fourth-order valence-electron chi connectivity index (χ4n) is 1.33. The van der Waals surface area contributed by atoms with E-state index in [0.717, 1.165) is 18.8 Å². The molecule has 0 fully saturated rings. The summed E-state index contributed by atoms with van der Waals surface area (Å²) in [6, 6.07) is 6.22. The highest BCUT2D eigenvalue weighted by molar-refractivity contribution is 5.48. The summed E-state index contributed by atoms with van der Waals surface area (Å²) in [6.07, 6.45) is 0. The van der Waals surface area contributed by atoms with Crippen LogP contribution in [0.25, 0.3) is 0 Å². The first-order valence-electron chi connectivity index (χ1n) is 4.80. The molecule has 0 aromatic heterocycles. The number of methoxy groups -OCH3 is 1. The van der Waals surface area contributed by atoms with Crippen molar-refractivity contribution in [2.45, 2.75) is 13.5 Å². The van der Waals surface area contributed by atoms with Gasteiger partial charge in [0.15, 0.2) is 0 Å². The lowest BCUT2D eigenvalue weighted by molar-refractivity contribution is 0.211. The van der Waals surface area contributed by atoms with Crippen LogP contribution in [0.4, 0.5) is 5.69 Å². The Balaban J connectivity index is 2.57. The minimum Gasteiger partial charge on any atom is -0.383 e. The molecule has 3 heteroatoms. The Hall–Kier alpha value is -1.06. The third-order valence-electron chi connectivity index (χ3n) is 2.20. The van der Waals surface area contributed by atoms with Crippen molar-refractivity contribution in [1.29, 1.82) is 0 Å². The van der Waals surface area contributed by atoms with Gasteiger partial charge >= 0.3 is 0 Å². The molecule has 78 valence electrons. The largest absolute Gasteiger partial charge is 0.383 e. The molecule has 0 aliphatic rings. The summed E-state index contributed by atoms with van der Waals surface area (Å²) >= 11 is 0. The van der Waals surface area contributed by atoms with Crippen molar-refractivity contribution in [3.63, 3.8) is 0 Å². The molecule has 0 saturated heterocycles. The first kappa shape index (κ1) is 11.0. The minimum atomic E-state index is 0.601. The van der Waals surface area contributed by atoms with E-state index in [9.17, 15) is 0 Å². The second kappa shape index (κ2) is 5.62. The van der Waals surface area contributed by atoms with E-state index in [1.165, 1.54) is 11.1 Å². The van der Waals surface area contributed by atoms with Gasteiger partial charge in [0.25, 0.3) is 0 Å². The maximum Gasteiger partial charge on any atom is 0.0635 e. The number of aryl methyl sites for hydroxylation is 1. The van der Waals surface area contributed by atoms with E-state index in [-0.39, 0.29) is 0 Å². The zero-order valence-corrected chi connectivity index (χ0v) is 8.84. The molecule has 1 aromatic carbocycles. The Morgan fingerprint density at radius 3 is 2.79 bits per heavy atom. The molecule has 0 spiro atoms. The second-order valence-corrected chi connectivity index (χ2v) is 3.26. The van der Waals surface area contributed by atoms with Crippen LogP contribution in [0.5, 0.6) is 0 Å². The molecule has 3 nitrogen and oxygen atoms in total. The smallest absolute Gasteiger partial charge is 0.0635 e. The lowest BCUT2D eigenvalue weighted by atomic mass is 10.1. The van der Waals surface area contributed by atoms with Crippen LogP contribution in [0.2, 0.25) is 0 Å². The molecule has 0 amide bonds. The van der Waals surface area contributed by atoms with Crippen LogP contribution in [0.15, 0.2) is 18.2 Å². The molecule has 0 unspecified atom stereocenters. The zero-order chi connectivity index (χ0) is 10.4. The molecule has 1 aromatic rings. The number of nitrogens with one attached hydrogen (secondary N) is 1. The quantitative estimate of drug-likeness (QED) is 0.698. The Kier molecular flexibility index (Phi) is 4.43. The van der Waals surface area contributed by atoms with Gasteiger partial charge in [-0.3, -0.25) is 0 Å². The Morgan fingerprint density at radius 1 is 1.43 bits per heavy atom. The molecule has 0 radical (unpaired) electrons. The van der Waals surface area contributed by atoms with Crippen LogP contribution in [0.1, 0.15) is 11.1 Å². The normalized spacial score (nSPS) is 10.2. The number of benzene rings is 1. The van der Waals surface area contributed by atoms with Crippen LogP contribution in [0.3, 0.4) is 0 Å². The third kappa shape index (κ3) is 3.01. The van der Waals surface area contributed by atoms with Crippen molar-refractivity contribution < 1.29 is 4.74 Å². The molecule has 3 N–H and O–H groups in total. The highest BCUT2D eigenvalue weighted by Crippen LogP contribution is 2.14. The summed E-state index contributed by atoms with van der Waals surface area (Å²) in [5.41, 5.74) is 9.13. The highest BCUT2D eigenvalue weighted by atomic mass is 16.5. The van der Waals surface area contributed by atoms with E-state index in [0.29, 0.717) is 6.54 Å². The number of anilines is 1. The number of rotatable bonds is 5. The number of hydrogen-bond acceptors (Lipinski definition) is 3. The van der Waals surface area contributed by atoms with Crippen molar-refractivity contribution in [3.05, 3.63) is 29.3 Å². The molecule has 14 heavy (non-hydrogen) atoms. The summed E-state index contributed by atoms with van der Waals surface area (Å²) in [5.74, 6) is 0. The van der Waals surface area contributed by atoms with Crippen molar-refractivity contribution >= 4 is 5.69 Å². The van der Waals surface area contributed by atoms with E-state index < -0.39 is 0 Å². The Morgan fingerprint density at radius 2 is 2.21 bits per heavy atom. The van der Waals surface area contributed by atoms with Crippen LogP contribution < -0.4 is 11.1 Å². The summed E-state index contributed by atoms with van der Waals surface area (Å²) in [6.45, 7) is 4.23. The molecular weight excluding hydrogens is 176 g/mol. The first-order chi connectivity index (χ1) is 6.77. The van der Waals surface area contributed by atoms with Gasteiger partial charge in [0.2, 0.25) is 0 Å². The van der Waals surface area contributed by atoms with E-state index in [1.54, 1.807) is 7.11 Å². The first-order valence-corrected chi connectivity index (χ1v) is 4.80. The molecule has 0 bridgehead atoms. The van der Waals surface area contributed by atoms with Crippen LogP contribution in [-0.4, -0.2) is 20.3 Å². The van der Waals surface area contributed by atoms with Gasteiger partial charge in [0, 0.05) is 25.9 Å². The van der Waals surface area contributed by atoms with Crippen LogP contribution >= 0.6 is 0 Å². The summed E-state index contributed by atoms with van der Waals surface area (Å²) in [5, 5.41) is 3.27. The summed E-state index contributed by atoms with van der Waals surface area (Å²) in [4.78, 5) is 0. The lowest BCUT2D eigenvalue weighted by Gasteiger charge is -2.08. The maximum atomic E-state index is 5.58. The van der Waals surface area contributed by atoms with Crippen molar-refractivity contribution in [2.24, 2.45) is 5.73 Å². The van der Waals surface area contributed by atoms with E-state index in [2.05, 4.69) is 24.4 Å². The number of nitrogens with two attached hydrogens (primary N) is 1. The van der Waals surface area contributed by atoms with Crippen LogP contribution in [0, 0.1) is 6.92 Å². The molecule has 1 rings (SSSR count). The Labute approximate surface area is 85.3 Å². The van der Waals surface area contributed by atoms with E-state index >= 15 is 0 Å². The monoisotopic (exact) mass is 194 g/mol. The predicted octanol–water partition coefficient (Wildman–Crippen LogP) is 1.51. The van der Waals surface area contributed by atoms with Gasteiger partial charge in [-0.15, -0.1) is 0 Å². The fraction of sp³-hybridized carbons (Fsp3) is 0.455. The average Bonchev–Trinajstić information content (AvgIpc) is 2.18. The van der Waals surface area contributed by atoms with Gasteiger partial charge in [-0.25, -0.2) is 0 Å². The summed E-state index contributed by atoms with van der Waals surface area (Å²) in [7, 11) is 1.70. The lowest BCUT2D eigenvalue weighted by Crippen LogP contribution is -2.08. The minimum absolute atomic E-state index is 0.601. The average molecular weight is 194 g/mol. The van der Waals surface area contributed by atoms with Crippen LogP contribution in [-0.2, 0) is 11.3 Å².